The van der Waals surface area contributed by atoms with Crippen LogP contribution in [0.2, 0.25) is 0 Å². The molecule has 0 atom stereocenters. The van der Waals surface area contributed by atoms with Crippen LogP contribution in [0.3, 0.4) is 0 Å². The molecule has 6 heteroatoms. The third kappa shape index (κ3) is 5.81. The molecule has 278 valence electrons. The van der Waals surface area contributed by atoms with E-state index in [1.807, 2.05) is 30.6 Å². The Morgan fingerprint density at radius 2 is 0.967 bits per heavy atom. The number of aromatic nitrogens is 6. The summed E-state index contributed by atoms with van der Waals surface area (Å²) in [6, 6.07) is 61.5. The van der Waals surface area contributed by atoms with Gasteiger partial charge >= 0.3 is 0 Å². The molecule has 0 fully saturated rings. The van der Waals surface area contributed by atoms with Crippen molar-refractivity contribution >= 4 is 65.3 Å². The van der Waals surface area contributed by atoms with Crippen LogP contribution < -0.4 is 4.57 Å². The molecule has 6 nitrogen and oxygen atoms in total. The Morgan fingerprint density at radius 3 is 1.77 bits per heavy atom. The van der Waals surface area contributed by atoms with Gasteiger partial charge in [-0.1, -0.05) is 91.0 Å². The first-order valence-corrected chi connectivity index (χ1v) is 20.0. The number of hydrogen-bond acceptors (Lipinski definition) is 5. The van der Waals surface area contributed by atoms with Crippen molar-refractivity contribution in [1.82, 2.24) is 24.9 Å². The first kappa shape index (κ1) is 33.9. The zero-order chi connectivity index (χ0) is 39.6. The fourth-order valence-electron chi connectivity index (χ4n) is 8.48. The maximum atomic E-state index is 5.12. The van der Waals surface area contributed by atoms with Crippen LogP contribution in [0, 0.1) is 0 Å². The van der Waals surface area contributed by atoms with Gasteiger partial charge in [0.25, 0.3) is 0 Å². The summed E-state index contributed by atoms with van der Waals surface area (Å²) >= 11 is 0. The van der Waals surface area contributed by atoms with Gasteiger partial charge in [0, 0.05) is 74.2 Å². The maximum Gasteiger partial charge on any atom is 0.210 e. The first-order valence-electron chi connectivity index (χ1n) is 20.0. The fraction of sp³-hybridized carbons (Fsp3) is 0. The molecule has 0 amide bonds. The van der Waals surface area contributed by atoms with E-state index in [2.05, 4.69) is 185 Å². The molecule has 0 bridgehead atoms. The van der Waals surface area contributed by atoms with E-state index >= 15 is 0 Å². The monoisotopic (exact) mass is 765 g/mol. The summed E-state index contributed by atoms with van der Waals surface area (Å²) in [6.45, 7) is 0. The van der Waals surface area contributed by atoms with Gasteiger partial charge in [-0.3, -0.25) is 9.97 Å². The summed E-state index contributed by atoms with van der Waals surface area (Å²) in [5.41, 5.74) is 14.1. The highest BCUT2D eigenvalue weighted by Gasteiger charge is 2.14. The van der Waals surface area contributed by atoms with Crippen LogP contribution >= 0.6 is 0 Å². The average molecular weight is 766 g/mol. The smallest absolute Gasteiger partial charge is 0.210 e. The molecule has 0 N–H and O–H groups in total. The van der Waals surface area contributed by atoms with Crippen molar-refractivity contribution in [2.75, 3.05) is 0 Å². The molecule has 6 aromatic heterocycles. The van der Waals surface area contributed by atoms with Crippen molar-refractivity contribution in [2.24, 2.45) is 0 Å². The van der Waals surface area contributed by atoms with Gasteiger partial charge in [0.2, 0.25) is 5.69 Å². The van der Waals surface area contributed by atoms with E-state index in [1.54, 1.807) is 0 Å². The quantitative estimate of drug-likeness (QED) is 0.129. The van der Waals surface area contributed by atoms with E-state index in [1.165, 1.54) is 0 Å². The Kier molecular flexibility index (Phi) is 7.74. The fourth-order valence-corrected chi connectivity index (χ4v) is 8.48. The highest BCUT2D eigenvalue weighted by molar-refractivity contribution is 6.08. The lowest BCUT2D eigenvalue weighted by Crippen LogP contribution is -2.29. The Balaban J connectivity index is 0.814. The Labute approximate surface area is 344 Å². The van der Waals surface area contributed by atoms with Gasteiger partial charge in [0.05, 0.1) is 50.1 Å². The highest BCUT2D eigenvalue weighted by Crippen LogP contribution is 2.33. The molecule has 6 aromatic carbocycles. The van der Waals surface area contributed by atoms with Crippen molar-refractivity contribution in [1.29, 1.82) is 0 Å². The van der Waals surface area contributed by atoms with Gasteiger partial charge in [-0.25, -0.2) is 15.0 Å². The molecule has 0 saturated heterocycles. The summed E-state index contributed by atoms with van der Waals surface area (Å²) in [5.74, 6) is 0. The molecular weight excluding hydrogens is 733 g/mol. The lowest BCUT2D eigenvalue weighted by atomic mass is 9.99. The summed E-state index contributed by atoms with van der Waals surface area (Å²) in [4.78, 5) is 24.6. The number of fused-ring (bicyclic) bond motifs is 8. The molecule has 0 aliphatic rings. The van der Waals surface area contributed by atoms with Gasteiger partial charge in [-0.2, -0.15) is 4.57 Å². The molecule has 0 saturated carbocycles. The van der Waals surface area contributed by atoms with Crippen LogP contribution in [0.25, 0.3) is 116 Å². The van der Waals surface area contributed by atoms with E-state index in [-0.39, 0.29) is 0 Å². The van der Waals surface area contributed by atoms with Crippen molar-refractivity contribution in [3.05, 3.63) is 201 Å². The second-order valence-corrected chi connectivity index (χ2v) is 15.2. The van der Waals surface area contributed by atoms with E-state index in [0.717, 1.165) is 116 Å². The summed E-state index contributed by atoms with van der Waals surface area (Å²) in [6.07, 6.45) is 7.97. The summed E-state index contributed by atoms with van der Waals surface area (Å²) < 4.78 is 2.17. The van der Waals surface area contributed by atoms with Gasteiger partial charge in [-0.15, -0.1) is 0 Å². The number of hydrogen-bond donors (Lipinski definition) is 0. The molecule has 60 heavy (non-hydrogen) atoms. The predicted octanol–water partition coefficient (Wildman–Crippen LogP) is 12.5. The largest absolute Gasteiger partial charge is 0.254 e. The SMILES string of the molecule is c1ccc(-c2ccc3ccc4cc[n+](-c5ccc(-c6ccc7cc(-c8ccc9nc(-c%10ccnc%11c%10ccc%10cccnc%10%11)ccc9c8)ccc7n6)cc5)cc4c3n2)cc1. The van der Waals surface area contributed by atoms with Crippen LogP contribution in [0.5, 0.6) is 0 Å². The van der Waals surface area contributed by atoms with Crippen molar-refractivity contribution in [3.8, 4) is 50.6 Å². The Bertz CT molecular complexity index is 3660. The van der Waals surface area contributed by atoms with Crippen LogP contribution in [0.15, 0.2) is 201 Å². The average Bonchev–Trinajstić information content (AvgIpc) is 3.33. The summed E-state index contributed by atoms with van der Waals surface area (Å²) in [7, 11) is 0. The number of nitrogens with zero attached hydrogens (tertiary/aromatic N) is 6. The molecule has 0 spiro atoms. The molecular formula is C54H33N6+. The third-order valence-corrected chi connectivity index (χ3v) is 11.6. The van der Waals surface area contributed by atoms with E-state index < -0.39 is 0 Å². The molecule has 0 aliphatic carbocycles. The van der Waals surface area contributed by atoms with Crippen LogP contribution in [-0.2, 0) is 0 Å². The molecule has 0 radical (unpaired) electrons. The van der Waals surface area contributed by atoms with Crippen molar-refractivity contribution in [2.45, 2.75) is 0 Å². The standard InChI is InChI=1S/C54H33N6/c1-2-5-35(6-3-1)48-21-13-38-9-8-34-27-30-60(33-46(34)52(38)59-48)43-18-10-36(11-19-43)47-24-16-41-31-39(14-22-49(41)57-47)40-15-23-50-42(32-40)17-25-51(58-50)44-26-29-56-54-45(44)20-12-37-7-4-28-55-53(37)54/h1-33H/q+1. The van der Waals surface area contributed by atoms with E-state index in [0.29, 0.717) is 0 Å². The molecule has 12 rings (SSSR count). The van der Waals surface area contributed by atoms with Crippen LogP contribution in [0.1, 0.15) is 0 Å². The summed E-state index contributed by atoms with van der Waals surface area (Å²) in [5, 5.41) is 7.69. The minimum Gasteiger partial charge on any atom is -0.254 e. The topological polar surface area (TPSA) is 68.3 Å². The van der Waals surface area contributed by atoms with Crippen molar-refractivity contribution < 1.29 is 4.57 Å². The van der Waals surface area contributed by atoms with E-state index in [4.69, 9.17) is 15.0 Å². The molecule has 0 unspecified atom stereocenters. The van der Waals surface area contributed by atoms with Gasteiger partial charge < -0.3 is 0 Å². The minimum atomic E-state index is 0.889. The number of pyridine rings is 6. The van der Waals surface area contributed by atoms with Crippen molar-refractivity contribution in [3.63, 3.8) is 0 Å². The molecule has 12 aromatic rings. The van der Waals surface area contributed by atoms with Gasteiger partial charge in [0.15, 0.2) is 12.4 Å². The van der Waals surface area contributed by atoms with Gasteiger partial charge in [0.1, 0.15) is 0 Å². The first-order chi connectivity index (χ1) is 29.7. The number of benzene rings is 6. The second kappa shape index (κ2) is 13.7. The molecule has 0 aliphatic heterocycles. The van der Waals surface area contributed by atoms with Crippen LogP contribution in [-0.4, -0.2) is 24.9 Å². The highest BCUT2D eigenvalue weighted by atomic mass is 14.9. The second-order valence-electron chi connectivity index (χ2n) is 15.2. The van der Waals surface area contributed by atoms with Crippen LogP contribution in [0.4, 0.5) is 0 Å². The minimum absolute atomic E-state index is 0.889. The lowest BCUT2D eigenvalue weighted by molar-refractivity contribution is -0.594. The zero-order valence-corrected chi connectivity index (χ0v) is 32.2. The zero-order valence-electron chi connectivity index (χ0n) is 32.2. The Hall–Kier alpha value is -8.22. The van der Waals surface area contributed by atoms with Gasteiger partial charge in [-0.05, 0) is 83.2 Å². The normalized spacial score (nSPS) is 11.7. The van der Waals surface area contributed by atoms with E-state index in [9.17, 15) is 0 Å². The third-order valence-electron chi connectivity index (χ3n) is 11.6. The number of rotatable bonds is 5. The lowest BCUT2D eigenvalue weighted by Gasteiger charge is -2.10. The maximum absolute atomic E-state index is 5.12. The Morgan fingerprint density at radius 1 is 0.350 bits per heavy atom. The predicted molar refractivity (Wildman–Crippen MR) is 244 cm³/mol. The molecule has 6 heterocycles.